The second kappa shape index (κ2) is 9.13. The van der Waals surface area contributed by atoms with Gasteiger partial charge in [-0.25, -0.2) is 0 Å². The van der Waals surface area contributed by atoms with Gasteiger partial charge in [0.25, 0.3) is 0 Å². The number of fused-ring (bicyclic) bond motifs is 1. The van der Waals surface area contributed by atoms with Crippen LogP contribution in [-0.4, -0.2) is 36.3 Å². The van der Waals surface area contributed by atoms with E-state index in [0.717, 1.165) is 48.3 Å². The first kappa shape index (κ1) is 20.2. The molecule has 2 aromatic carbocycles. The van der Waals surface area contributed by atoms with Crippen LogP contribution in [0.2, 0.25) is 0 Å². The second-order valence-corrected chi connectivity index (χ2v) is 7.88. The maximum absolute atomic E-state index is 12.5. The van der Waals surface area contributed by atoms with Crippen LogP contribution in [0.25, 0.3) is 11.0 Å². The van der Waals surface area contributed by atoms with Crippen molar-refractivity contribution in [1.29, 1.82) is 0 Å². The van der Waals surface area contributed by atoms with Crippen molar-refractivity contribution in [3.05, 3.63) is 66.4 Å². The highest BCUT2D eigenvalue weighted by Crippen LogP contribution is 2.24. The van der Waals surface area contributed by atoms with E-state index in [1.807, 2.05) is 67.6 Å². The molecule has 0 unspecified atom stereocenters. The number of hydrogen-bond acceptors (Lipinski definition) is 4. The van der Waals surface area contributed by atoms with Crippen molar-refractivity contribution >= 4 is 28.5 Å². The van der Waals surface area contributed by atoms with Crippen LogP contribution in [0.4, 0.5) is 5.69 Å². The zero-order valence-electron chi connectivity index (χ0n) is 17.1. The Morgan fingerprint density at radius 3 is 2.50 bits per heavy atom. The third-order valence-electron chi connectivity index (χ3n) is 5.62. The summed E-state index contributed by atoms with van der Waals surface area (Å²) < 4.78 is 5.84. The zero-order chi connectivity index (χ0) is 20.9. The predicted octanol–water partition coefficient (Wildman–Crippen LogP) is 3.96. The molecular weight excluding hydrogens is 378 g/mol. The van der Waals surface area contributed by atoms with E-state index < -0.39 is 0 Å². The molecule has 1 atom stereocenters. The third-order valence-corrected chi connectivity index (χ3v) is 5.62. The zero-order valence-corrected chi connectivity index (χ0v) is 17.1. The van der Waals surface area contributed by atoms with Crippen LogP contribution in [0.5, 0.6) is 0 Å². The Hall–Kier alpha value is -3.12. The molecule has 1 aromatic heterocycles. The Bertz CT molecular complexity index is 974. The summed E-state index contributed by atoms with van der Waals surface area (Å²) in [6, 6.07) is 19.1. The minimum atomic E-state index is -0.195. The SMILES string of the molecule is C[C@@H](NC(=O)CN1CCC(C(=O)Nc2ccccc2)CC1)c1cc2ccccc2o1. The second-order valence-electron chi connectivity index (χ2n) is 7.88. The summed E-state index contributed by atoms with van der Waals surface area (Å²) in [4.78, 5) is 27.1. The summed E-state index contributed by atoms with van der Waals surface area (Å²) in [6.07, 6.45) is 1.51. The molecular formula is C24H27N3O3. The number of nitrogens with one attached hydrogen (secondary N) is 2. The maximum Gasteiger partial charge on any atom is 0.234 e. The molecule has 0 bridgehead atoms. The van der Waals surface area contributed by atoms with E-state index in [-0.39, 0.29) is 23.8 Å². The maximum atomic E-state index is 12.5. The van der Waals surface area contributed by atoms with Crippen LogP contribution < -0.4 is 10.6 Å². The summed E-state index contributed by atoms with van der Waals surface area (Å²) >= 11 is 0. The van der Waals surface area contributed by atoms with Gasteiger partial charge in [0, 0.05) is 17.0 Å². The normalized spacial score (nSPS) is 16.3. The molecule has 30 heavy (non-hydrogen) atoms. The van der Waals surface area contributed by atoms with Gasteiger partial charge in [-0.1, -0.05) is 36.4 Å². The van der Waals surface area contributed by atoms with Gasteiger partial charge in [-0.05, 0) is 57.1 Å². The molecule has 156 valence electrons. The number of amides is 2. The number of furan rings is 1. The number of rotatable bonds is 6. The van der Waals surface area contributed by atoms with Gasteiger partial charge in [0.05, 0.1) is 12.6 Å². The molecule has 0 radical (unpaired) electrons. The number of para-hydroxylation sites is 2. The van der Waals surface area contributed by atoms with E-state index in [1.54, 1.807) is 0 Å². The fourth-order valence-electron chi connectivity index (χ4n) is 3.90. The van der Waals surface area contributed by atoms with E-state index >= 15 is 0 Å². The van der Waals surface area contributed by atoms with Gasteiger partial charge in [-0.3, -0.25) is 14.5 Å². The van der Waals surface area contributed by atoms with E-state index in [1.165, 1.54) is 0 Å². The van der Waals surface area contributed by atoms with Gasteiger partial charge in [-0.15, -0.1) is 0 Å². The van der Waals surface area contributed by atoms with Gasteiger partial charge in [0.2, 0.25) is 11.8 Å². The number of benzene rings is 2. The summed E-state index contributed by atoms with van der Waals surface area (Å²) in [5.74, 6) is 0.763. The fourth-order valence-corrected chi connectivity index (χ4v) is 3.90. The molecule has 4 rings (SSSR count). The summed E-state index contributed by atoms with van der Waals surface area (Å²) in [7, 11) is 0. The van der Waals surface area contributed by atoms with Gasteiger partial charge in [-0.2, -0.15) is 0 Å². The molecule has 1 aliphatic rings. The largest absolute Gasteiger partial charge is 0.459 e. The minimum absolute atomic E-state index is 0.0148. The smallest absolute Gasteiger partial charge is 0.234 e. The van der Waals surface area contributed by atoms with E-state index in [2.05, 4.69) is 15.5 Å². The highest BCUT2D eigenvalue weighted by atomic mass is 16.3. The lowest BCUT2D eigenvalue weighted by Gasteiger charge is -2.31. The Labute approximate surface area is 176 Å². The number of piperidine rings is 1. The van der Waals surface area contributed by atoms with Crippen molar-refractivity contribution in [2.24, 2.45) is 5.92 Å². The van der Waals surface area contributed by atoms with Crippen molar-refractivity contribution in [3.63, 3.8) is 0 Å². The molecule has 2 heterocycles. The first-order valence-electron chi connectivity index (χ1n) is 10.4. The predicted molar refractivity (Wildman–Crippen MR) is 117 cm³/mol. The lowest BCUT2D eigenvalue weighted by atomic mass is 9.96. The van der Waals surface area contributed by atoms with Crippen LogP contribution in [0.15, 0.2) is 65.1 Å². The lowest BCUT2D eigenvalue weighted by molar-refractivity contribution is -0.124. The van der Waals surface area contributed by atoms with Crippen molar-refractivity contribution in [2.45, 2.75) is 25.8 Å². The molecule has 0 saturated carbocycles. The van der Waals surface area contributed by atoms with E-state index in [9.17, 15) is 9.59 Å². The summed E-state index contributed by atoms with van der Waals surface area (Å²) in [5, 5.41) is 7.02. The number of carbonyl (C=O) groups is 2. The third kappa shape index (κ3) is 4.89. The lowest BCUT2D eigenvalue weighted by Crippen LogP contribution is -2.43. The highest BCUT2D eigenvalue weighted by molar-refractivity contribution is 5.92. The Morgan fingerprint density at radius 1 is 1.07 bits per heavy atom. The molecule has 0 aliphatic carbocycles. The number of carbonyl (C=O) groups excluding carboxylic acids is 2. The average Bonchev–Trinajstić information content (AvgIpc) is 3.19. The van der Waals surface area contributed by atoms with Crippen LogP contribution in [0.3, 0.4) is 0 Å². The molecule has 6 nitrogen and oxygen atoms in total. The Kier molecular flexibility index (Phi) is 6.14. The molecule has 2 N–H and O–H groups in total. The van der Waals surface area contributed by atoms with Crippen molar-refractivity contribution in [2.75, 3.05) is 25.0 Å². The fraction of sp³-hybridized carbons (Fsp3) is 0.333. The highest BCUT2D eigenvalue weighted by Gasteiger charge is 2.26. The first-order valence-corrected chi connectivity index (χ1v) is 10.4. The van der Waals surface area contributed by atoms with Crippen LogP contribution in [-0.2, 0) is 9.59 Å². The van der Waals surface area contributed by atoms with Crippen molar-refractivity contribution in [1.82, 2.24) is 10.2 Å². The van der Waals surface area contributed by atoms with Crippen molar-refractivity contribution in [3.8, 4) is 0 Å². The first-order chi connectivity index (χ1) is 14.6. The minimum Gasteiger partial charge on any atom is -0.459 e. The average molecular weight is 405 g/mol. The number of hydrogen-bond donors (Lipinski definition) is 2. The molecule has 6 heteroatoms. The van der Waals surface area contributed by atoms with Gasteiger partial charge in [0.1, 0.15) is 11.3 Å². The number of likely N-dealkylation sites (tertiary alicyclic amines) is 1. The molecule has 3 aromatic rings. The monoisotopic (exact) mass is 405 g/mol. The van der Waals surface area contributed by atoms with E-state index in [4.69, 9.17) is 4.42 Å². The van der Waals surface area contributed by atoms with Crippen LogP contribution in [0.1, 0.15) is 31.6 Å². The molecule has 1 saturated heterocycles. The summed E-state index contributed by atoms with van der Waals surface area (Å²) in [5.41, 5.74) is 1.65. The summed E-state index contributed by atoms with van der Waals surface area (Å²) in [6.45, 7) is 3.73. The standard InChI is InChI=1S/C24H27N3O3/c1-17(22-15-19-7-5-6-10-21(19)30-22)25-23(28)16-27-13-11-18(12-14-27)24(29)26-20-8-3-2-4-9-20/h2-10,15,17-18H,11-14,16H2,1H3,(H,25,28)(H,26,29)/t17-/m1/s1. The van der Waals surface area contributed by atoms with Crippen LogP contribution >= 0.6 is 0 Å². The topological polar surface area (TPSA) is 74.6 Å². The Morgan fingerprint density at radius 2 is 1.77 bits per heavy atom. The van der Waals surface area contributed by atoms with Gasteiger partial charge in [0.15, 0.2) is 0 Å². The van der Waals surface area contributed by atoms with Crippen LogP contribution in [0, 0.1) is 5.92 Å². The number of nitrogens with zero attached hydrogens (tertiary/aromatic N) is 1. The quantitative estimate of drug-likeness (QED) is 0.651. The molecule has 1 aliphatic heterocycles. The molecule has 0 spiro atoms. The van der Waals surface area contributed by atoms with Crippen molar-refractivity contribution < 1.29 is 14.0 Å². The van der Waals surface area contributed by atoms with Gasteiger partial charge < -0.3 is 15.1 Å². The van der Waals surface area contributed by atoms with E-state index in [0.29, 0.717) is 6.54 Å². The number of anilines is 1. The Balaban J connectivity index is 1.23. The molecule has 2 amide bonds. The molecule has 1 fully saturated rings. The van der Waals surface area contributed by atoms with Gasteiger partial charge >= 0.3 is 0 Å².